The number of aliphatic carboxylic acids is 1. The zero-order valence-corrected chi connectivity index (χ0v) is 11.6. The molecule has 0 aromatic carbocycles. The Morgan fingerprint density at radius 2 is 1.95 bits per heavy atom. The summed E-state index contributed by atoms with van der Waals surface area (Å²) in [5.74, 6) is -4.80. The summed E-state index contributed by atoms with van der Waals surface area (Å²) in [5.41, 5.74) is 6.58. The van der Waals surface area contributed by atoms with Gasteiger partial charge in [0, 0.05) is 0 Å². The average Bonchev–Trinajstić information content (AvgIpc) is 2.66. The summed E-state index contributed by atoms with van der Waals surface area (Å²) < 4.78 is 4.62. The van der Waals surface area contributed by atoms with Crippen molar-refractivity contribution in [3.63, 3.8) is 0 Å². The van der Waals surface area contributed by atoms with Gasteiger partial charge in [-0.3, -0.25) is 4.79 Å². The Balaban J connectivity index is 3.12. The first-order valence-electron chi connectivity index (χ1n) is 6.37. The molecule has 0 fully saturated rings. The third-order valence-electron chi connectivity index (χ3n) is 3.73. The Morgan fingerprint density at radius 3 is 2.33 bits per heavy atom. The zero-order valence-electron chi connectivity index (χ0n) is 11.6. The predicted molar refractivity (Wildman–Crippen MR) is 70.2 cm³/mol. The highest BCUT2D eigenvalue weighted by atomic mass is 16.6. The number of hydrogen-bond acceptors (Lipinski definition) is 8. The molecule has 1 unspecified atom stereocenters. The van der Waals surface area contributed by atoms with E-state index in [9.17, 15) is 30.0 Å². The van der Waals surface area contributed by atoms with Crippen molar-refractivity contribution in [1.82, 2.24) is 0 Å². The molecule has 9 heteroatoms. The second-order valence-electron chi connectivity index (χ2n) is 5.19. The minimum Gasteiger partial charge on any atom is -0.505 e. The van der Waals surface area contributed by atoms with Crippen LogP contribution in [0.25, 0.3) is 0 Å². The highest BCUT2D eigenvalue weighted by Crippen LogP contribution is 2.36. The Hall–Kier alpha value is -1.84. The van der Waals surface area contributed by atoms with E-state index in [0.717, 1.165) is 6.92 Å². The van der Waals surface area contributed by atoms with Crippen LogP contribution < -0.4 is 11.5 Å². The van der Waals surface area contributed by atoms with Crippen LogP contribution in [0, 0.1) is 0 Å². The van der Waals surface area contributed by atoms with Crippen molar-refractivity contribution < 1.29 is 34.8 Å². The molecule has 1 rings (SSSR count). The van der Waals surface area contributed by atoms with Crippen LogP contribution in [0.3, 0.4) is 0 Å². The summed E-state index contributed by atoms with van der Waals surface area (Å²) >= 11 is 0. The maximum absolute atomic E-state index is 11.5. The molecule has 1 aliphatic heterocycles. The van der Waals surface area contributed by atoms with Gasteiger partial charge in [0.05, 0.1) is 0 Å². The van der Waals surface area contributed by atoms with E-state index < -0.39 is 40.7 Å². The van der Waals surface area contributed by atoms with Crippen molar-refractivity contribution in [2.45, 2.75) is 43.4 Å². The topological polar surface area (TPSA) is 176 Å². The molecule has 0 amide bonds. The molecule has 21 heavy (non-hydrogen) atoms. The van der Waals surface area contributed by atoms with E-state index >= 15 is 0 Å². The number of nitrogens with two attached hydrogens (primary N) is 2. The lowest BCUT2D eigenvalue weighted by molar-refractivity contribution is -0.176. The number of hydrogen-bond donors (Lipinski definition) is 6. The van der Waals surface area contributed by atoms with Crippen LogP contribution in [0.15, 0.2) is 11.5 Å². The van der Waals surface area contributed by atoms with Crippen molar-refractivity contribution in [1.29, 1.82) is 0 Å². The molecule has 0 bridgehead atoms. The van der Waals surface area contributed by atoms with Crippen LogP contribution >= 0.6 is 0 Å². The first-order valence-corrected chi connectivity index (χ1v) is 6.37. The number of ether oxygens (including phenoxy) is 1. The molecule has 0 spiro atoms. The summed E-state index contributed by atoms with van der Waals surface area (Å²) in [5, 5.41) is 38.7. The van der Waals surface area contributed by atoms with Crippen LogP contribution in [-0.4, -0.2) is 56.2 Å². The van der Waals surface area contributed by atoms with Crippen LogP contribution in [0.1, 0.15) is 26.2 Å². The molecule has 3 atom stereocenters. The van der Waals surface area contributed by atoms with Gasteiger partial charge < -0.3 is 36.6 Å². The smallest absolute Gasteiger partial charge is 0.378 e. The van der Waals surface area contributed by atoms with Gasteiger partial charge in [-0.05, 0) is 32.7 Å². The van der Waals surface area contributed by atoms with Gasteiger partial charge in [-0.25, -0.2) is 4.79 Å². The molecule has 120 valence electrons. The SMILES string of the molecule is C[C@@](O)([C@H]1OC(=O)C(O)=C1O)C(N)(CCCCN)C(=O)O. The third kappa shape index (κ3) is 2.80. The van der Waals surface area contributed by atoms with Gasteiger partial charge >= 0.3 is 11.9 Å². The van der Waals surface area contributed by atoms with E-state index in [-0.39, 0.29) is 6.42 Å². The number of aliphatic hydroxyl groups is 3. The standard InChI is InChI=1S/C12H20N2O7/c1-11(20,8-6(15)7(16)9(17)21-8)12(14,10(18)19)4-2-3-5-13/h8,15-16,20H,2-5,13-14H2,1H3,(H,18,19)/t8-,11+,12?/m0/s1. The lowest BCUT2D eigenvalue weighted by Crippen LogP contribution is -2.69. The maximum Gasteiger partial charge on any atom is 0.378 e. The summed E-state index contributed by atoms with van der Waals surface area (Å²) in [6.07, 6.45) is -1.12. The average molecular weight is 304 g/mol. The monoisotopic (exact) mass is 304 g/mol. The minimum absolute atomic E-state index is 0.158. The van der Waals surface area contributed by atoms with E-state index in [0.29, 0.717) is 19.4 Å². The fourth-order valence-electron chi connectivity index (χ4n) is 2.19. The Morgan fingerprint density at radius 1 is 1.38 bits per heavy atom. The van der Waals surface area contributed by atoms with Crippen molar-refractivity contribution in [3.8, 4) is 0 Å². The van der Waals surface area contributed by atoms with Crippen LogP contribution in [0.4, 0.5) is 0 Å². The van der Waals surface area contributed by atoms with Gasteiger partial charge in [-0.1, -0.05) is 0 Å². The molecule has 8 N–H and O–H groups in total. The number of unbranched alkanes of at least 4 members (excludes halogenated alkanes) is 1. The van der Waals surface area contributed by atoms with Gasteiger partial charge in [-0.2, -0.15) is 0 Å². The van der Waals surface area contributed by atoms with Gasteiger partial charge in [0.25, 0.3) is 0 Å². The number of esters is 1. The van der Waals surface area contributed by atoms with Crippen molar-refractivity contribution >= 4 is 11.9 Å². The molecule has 0 aliphatic carbocycles. The molecule has 1 aliphatic rings. The van der Waals surface area contributed by atoms with Crippen molar-refractivity contribution in [2.24, 2.45) is 11.5 Å². The van der Waals surface area contributed by atoms with Crippen molar-refractivity contribution in [2.75, 3.05) is 6.54 Å². The number of carboxylic acids is 1. The summed E-state index contributed by atoms with van der Waals surface area (Å²) in [4.78, 5) is 22.7. The number of carbonyl (C=O) groups is 2. The van der Waals surface area contributed by atoms with Gasteiger partial charge in [0.1, 0.15) is 11.1 Å². The molecule has 9 nitrogen and oxygen atoms in total. The molecule has 0 aromatic rings. The maximum atomic E-state index is 11.5. The first kappa shape index (κ1) is 17.2. The normalized spacial score (nSPS) is 24.4. The largest absolute Gasteiger partial charge is 0.505 e. The fourth-order valence-corrected chi connectivity index (χ4v) is 2.19. The quantitative estimate of drug-likeness (QED) is 0.252. The number of carboxylic acid groups (broad SMARTS) is 1. The summed E-state index contributed by atoms with van der Waals surface area (Å²) in [7, 11) is 0. The van der Waals surface area contributed by atoms with Crippen LogP contribution in [0.5, 0.6) is 0 Å². The first-order chi connectivity index (χ1) is 9.59. The van der Waals surface area contributed by atoms with Gasteiger partial charge in [0.15, 0.2) is 11.9 Å². The van der Waals surface area contributed by atoms with E-state index in [1.807, 2.05) is 0 Å². The fraction of sp³-hybridized carbons (Fsp3) is 0.667. The van der Waals surface area contributed by atoms with Crippen molar-refractivity contribution in [3.05, 3.63) is 11.5 Å². The minimum atomic E-state index is -2.34. The molecule has 0 radical (unpaired) electrons. The molecule has 0 saturated heterocycles. The highest BCUT2D eigenvalue weighted by molar-refractivity contribution is 5.90. The van der Waals surface area contributed by atoms with Crippen LogP contribution in [-0.2, 0) is 14.3 Å². The highest BCUT2D eigenvalue weighted by Gasteiger charge is 2.59. The van der Waals surface area contributed by atoms with Gasteiger partial charge in [0.2, 0.25) is 5.76 Å². The molecule has 0 aromatic heterocycles. The van der Waals surface area contributed by atoms with E-state index in [1.54, 1.807) is 0 Å². The molecular weight excluding hydrogens is 284 g/mol. The third-order valence-corrected chi connectivity index (χ3v) is 3.73. The second kappa shape index (κ2) is 5.88. The number of rotatable bonds is 7. The Labute approximate surface area is 120 Å². The van der Waals surface area contributed by atoms with E-state index in [2.05, 4.69) is 4.74 Å². The number of aliphatic hydroxyl groups excluding tert-OH is 2. The van der Waals surface area contributed by atoms with E-state index in [4.69, 9.17) is 11.5 Å². The second-order valence-corrected chi connectivity index (χ2v) is 5.19. The molecule has 0 saturated carbocycles. The Kier molecular flexibility index (Phi) is 4.82. The van der Waals surface area contributed by atoms with Crippen LogP contribution in [0.2, 0.25) is 0 Å². The lowest BCUT2D eigenvalue weighted by Gasteiger charge is -2.41. The lowest BCUT2D eigenvalue weighted by atomic mass is 9.74. The number of carbonyl (C=O) groups excluding carboxylic acids is 1. The van der Waals surface area contributed by atoms with E-state index in [1.165, 1.54) is 0 Å². The Bertz CT molecular complexity index is 474. The molecule has 1 heterocycles. The summed E-state index contributed by atoms with van der Waals surface area (Å²) in [6, 6.07) is 0. The zero-order chi connectivity index (χ0) is 16.4. The molecular formula is C12H20N2O7. The number of cyclic esters (lactones) is 1. The van der Waals surface area contributed by atoms with Gasteiger partial charge in [-0.15, -0.1) is 0 Å². The predicted octanol–water partition coefficient (Wildman–Crippen LogP) is -1.10. The summed E-state index contributed by atoms with van der Waals surface area (Å²) in [6.45, 7) is 1.35.